The van der Waals surface area contributed by atoms with Crippen LogP contribution in [-0.4, -0.2) is 28.1 Å². The van der Waals surface area contributed by atoms with Gasteiger partial charge in [0.05, 0.1) is 5.54 Å². The third-order valence-electron chi connectivity index (χ3n) is 4.71. The molecule has 6 heteroatoms. The van der Waals surface area contributed by atoms with Gasteiger partial charge in [-0.15, -0.1) is 0 Å². The van der Waals surface area contributed by atoms with Crippen LogP contribution in [0.5, 0.6) is 0 Å². The van der Waals surface area contributed by atoms with Gasteiger partial charge in [-0.1, -0.05) is 13.8 Å². The number of benzene rings is 1. The van der Waals surface area contributed by atoms with E-state index in [1.54, 1.807) is 4.90 Å². The maximum atomic E-state index is 12.7. The van der Waals surface area contributed by atoms with Gasteiger partial charge in [0.15, 0.2) is 5.69 Å². The molecule has 1 aliphatic rings. The van der Waals surface area contributed by atoms with Gasteiger partial charge < -0.3 is 10.2 Å². The van der Waals surface area contributed by atoms with E-state index in [-0.39, 0.29) is 23.3 Å². The minimum Gasteiger partial charge on any atom is -0.321 e. The molecule has 2 aromatic rings. The third kappa shape index (κ3) is 4.04. The van der Waals surface area contributed by atoms with Crippen LogP contribution in [0.25, 0.3) is 0 Å². The minimum absolute atomic E-state index is 0.153. The zero-order valence-corrected chi connectivity index (χ0v) is 16.7. The topological polar surface area (TPSA) is 67.2 Å². The second-order valence-corrected chi connectivity index (χ2v) is 8.34. The molecule has 27 heavy (non-hydrogen) atoms. The summed E-state index contributed by atoms with van der Waals surface area (Å²) < 4.78 is 1.93. The highest BCUT2D eigenvalue weighted by Crippen LogP contribution is 2.25. The Kier molecular flexibility index (Phi) is 5.09. The summed E-state index contributed by atoms with van der Waals surface area (Å²) in [6.45, 7) is 11.2. The quantitative estimate of drug-likeness (QED) is 0.882. The predicted molar refractivity (Wildman–Crippen MR) is 107 cm³/mol. The van der Waals surface area contributed by atoms with Crippen molar-refractivity contribution < 1.29 is 9.59 Å². The first-order valence-corrected chi connectivity index (χ1v) is 9.49. The van der Waals surface area contributed by atoms with Gasteiger partial charge in [-0.3, -0.25) is 14.3 Å². The first-order chi connectivity index (χ1) is 12.7. The highest BCUT2D eigenvalue weighted by atomic mass is 16.2. The van der Waals surface area contributed by atoms with Crippen molar-refractivity contribution in [3.8, 4) is 0 Å². The number of carbonyl (C=O) groups is 2. The average Bonchev–Trinajstić information content (AvgIpc) is 3.22. The molecule has 0 saturated carbocycles. The monoisotopic (exact) mass is 368 g/mol. The number of rotatable bonds is 4. The molecule has 2 amide bonds. The summed E-state index contributed by atoms with van der Waals surface area (Å²) in [6.07, 6.45) is 1.50. The van der Waals surface area contributed by atoms with Gasteiger partial charge in [-0.2, -0.15) is 5.10 Å². The van der Waals surface area contributed by atoms with Crippen LogP contribution in [0.2, 0.25) is 0 Å². The van der Waals surface area contributed by atoms with Crippen LogP contribution < -0.4 is 10.2 Å². The van der Waals surface area contributed by atoms with E-state index in [2.05, 4.69) is 45.0 Å². The molecular formula is C21H28N4O2. The zero-order chi connectivity index (χ0) is 19.8. The van der Waals surface area contributed by atoms with Crippen molar-refractivity contribution in [1.29, 1.82) is 0 Å². The van der Waals surface area contributed by atoms with Crippen LogP contribution in [0, 0.1) is 0 Å². The molecular weight excluding hydrogens is 340 g/mol. The normalized spacial score (nSPS) is 14.9. The fraction of sp³-hybridized carbons (Fsp3) is 0.476. The summed E-state index contributed by atoms with van der Waals surface area (Å²) in [5, 5.41) is 7.44. The van der Waals surface area contributed by atoms with Gasteiger partial charge in [-0.25, -0.2) is 0 Å². The lowest BCUT2D eigenvalue weighted by atomic mass is 10.1. The number of nitrogens with zero attached hydrogens (tertiary/aromatic N) is 3. The van der Waals surface area contributed by atoms with Crippen molar-refractivity contribution >= 4 is 23.2 Å². The summed E-state index contributed by atoms with van der Waals surface area (Å²) in [5.41, 5.74) is 2.81. The Bertz CT molecular complexity index is 844. The van der Waals surface area contributed by atoms with Gasteiger partial charge in [0.25, 0.3) is 5.91 Å². The highest BCUT2D eigenvalue weighted by Gasteiger charge is 2.24. The smallest absolute Gasteiger partial charge is 0.276 e. The fourth-order valence-corrected chi connectivity index (χ4v) is 3.30. The molecule has 0 unspecified atom stereocenters. The van der Waals surface area contributed by atoms with Gasteiger partial charge >= 0.3 is 0 Å². The Hall–Kier alpha value is -2.63. The Labute approximate surface area is 160 Å². The van der Waals surface area contributed by atoms with E-state index in [4.69, 9.17) is 0 Å². The van der Waals surface area contributed by atoms with Gasteiger partial charge in [-0.05, 0) is 63.4 Å². The average molecular weight is 368 g/mol. The van der Waals surface area contributed by atoms with E-state index in [9.17, 15) is 9.59 Å². The first-order valence-electron chi connectivity index (χ1n) is 9.49. The summed E-state index contributed by atoms with van der Waals surface area (Å²) in [4.78, 5) is 26.3. The molecule has 2 heterocycles. The largest absolute Gasteiger partial charge is 0.321 e. The number of hydrogen-bond donors (Lipinski definition) is 1. The third-order valence-corrected chi connectivity index (χ3v) is 4.71. The lowest BCUT2D eigenvalue weighted by Gasteiger charge is -2.23. The Balaban J connectivity index is 1.76. The number of amides is 2. The highest BCUT2D eigenvalue weighted by molar-refractivity contribution is 6.03. The standard InChI is InChI=1S/C21H28N4O2/c1-14(2)18-13-17(23-25(18)21(3,4)5)20(27)22-15-8-10-16(11-9-15)24-12-6-7-19(24)26/h8-11,13-14H,6-7,12H2,1-5H3,(H,22,27). The van der Waals surface area contributed by atoms with Crippen molar-refractivity contribution in [3.63, 3.8) is 0 Å². The summed E-state index contributed by atoms with van der Waals surface area (Å²) in [6, 6.07) is 9.24. The van der Waals surface area contributed by atoms with E-state index < -0.39 is 0 Å². The zero-order valence-electron chi connectivity index (χ0n) is 16.7. The first kappa shape index (κ1) is 19.1. The Morgan fingerprint density at radius 2 is 1.85 bits per heavy atom. The van der Waals surface area contributed by atoms with Crippen LogP contribution in [0.15, 0.2) is 30.3 Å². The molecule has 0 bridgehead atoms. The van der Waals surface area contributed by atoms with E-state index in [1.807, 2.05) is 35.0 Å². The molecule has 1 aromatic heterocycles. The second-order valence-electron chi connectivity index (χ2n) is 8.34. The number of anilines is 2. The molecule has 1 aliphatic heterocycles. The van der Waals surface area contributed by atoms with Gasteiger partial charge in [0.1, 0.15) is 0 Å². The SMILES string of the molecule is CC(C)c1cc(C(=O)Nc2ccc(N3CCCC3=O)cc2)nn1C(C)(C)C. The number of hydrogen-bond acceptors (Lipinski definition) is 3. The van der Waals surface area contributed by atoms with E-state index in [1.165, 1.54) is 0 Å². The summed E-state index contributed by atoms with van der Waals surface area (Å²) in [7, 11) is 0. The summed E-state index contributed by atoms with van der Waals surface area (Å²) in [5.74, 6) is 0.196. The van der Waals surface area contributed by atoms with Crippen molar-refractivity contribution in [1.82, 2.24) is 9.78 Å². The second kappa shape index (κ2) is 7.18. The van der Waals surface area contributed by atoms with Crippen LogP contribution in [0.1, 0.15) is 69.6 Å². The molecule has 1 aromatic carbocycles. The molecule has 6 nitrogen and oxygen atoms in total. The lowest BCUT2D eigenvalue weighted by Crippen LogP contribution is -2.26. The van der Waals surface area contributed by atoms with E-state index >= 15 is 0 Å². The number of carbonyl (C=O) groups excluding carboxylic acids is 2. The minimum atomic E-state index is -0.232. The van der Waals surface area contributed by atoms with E-state index in [0.717, 1.165) is 24.3 Å². The Morgan fingerprint density at radius 1 is 1.19 bits per heavy atom. The van der Waals surface area contributed by atoms with Crippen LogP contribution in [0.3, 0.4) is 0 Å². The fourth-order valence-electron chi connectivity index (χ4n) is 3.30. The molecule has 0 spiro atoms. The Morgan fingerprint density at radius 3 is 2.33 bits per heavy atom. The van der Waals surface area contributed by atoms with Crippen LogP contribution in [0.4, 0.5) is 11.4 Å². The number of nitrogens with one attached hydrogen (secondary N) is 1. The molecule has 144 valence electrons. The molecule has 1 N–H and O–H groups in total. The van der Waals surface area contributed by atoms with Crippen molar-refractivity contribution in [2.45, 2.75) is 58.9 Å². The molecule has 1 fully saturated rings. The van der Waals surface area contributed by atoms with Crippen LogP contribution in [-0.2, 0) is 10.3 Å². The summed E-state index contributed by atoms with van der Waals surface area (Å²) >= 11 is 0. The molecule has 1 saturated heterocycles. The molecule has 0 aliphatic carbocycles. The maximum absolute atomic E-state index is 12.7. The molecule has 0 atom stereocenters. The predicted octanol–water partition coefficient (Wildman–Crippen LogP) is 4.14. The van der Waals surface area contributed by atoms with Crippen molar-refractivity contribution in [2.75, 3.05) is 16.8 Å². The number of aromatic nitrogens is 2. The lowest BCUT2D eigenvalue weighted by molar-refractivity contribution is -0.117. The van der Waals surface area contributed by atoms with Crippen molar-refractivity contribution in [3.05, 3.63) is 41.7 Å². The van der Waals surface area contributed by atoms with Crippen molar-refractivity contribution in [2.24, 2.45) is 0 Å². The maximum Gasteiger partial charge on any atom is 0.276 e. The van der Waals surface area contributed by atoms with E-state index in [0.29, 0.717) is 17.8 Å². The molecule has 3 rings (SSSR count). The van der Waals surface area contributed by atoms with Gasteiger partial charge in [0.2, 0.25) is 5.91 Å². The van der Waals surface area contributed by atoms with Crippen LogP contribution >= 0.6 is 0 Å². The molecule has 0 radical (unpaired) electrons. The van der Waals surface area contributed by atoms with Gasteiger partial charge in [0, 0.05) is 30.0 Å².